The molecule has 1 fully saturated rings. The van der Waals surface area contributed by atoms with Crippen molar-refractivity contribution in [2.75, 3.05) is 14.2 Å². The van der Waals surface area contributed by atoms with E-state index >= 15 is 0 Å². The highest BCUT2D eigenvalue weighted by Gasteiger charge is 2.22. The Morgan fingerprint density at radius 3 is 2.68 bits per heavy atom. The fraction of sp³-hybridized carbons (Fsp3) is 0.500. The summed E-state index contributed by atoms with van der Waals surface area (Å²) in [5, 5.41) is 3.28. The van der Waals surface area contributed by atoms with E-state index in [0.29, 0.717) is 22.5 Å². The molecule has 22 heavy (non-hydrogen) atoms. The van der Waals surface area contributed by atoms with Crippen molar-refractivity contribution in [1.29, 1.82) is 0 Å². The van der Waals surface area contributed by atoms with Gasteiger partial charge in [-0.15, -0.1) is 0 Å². The molecule has 1 aromatic carbocycles. The smallest absolute Gasteiger partial charge is 0.261 e. The molecule has 0 radical (unpaired) electrons. The lowest BCUT2D eigenvalue weighted by Gasteiger charge is -2.32. The molecule has 0 spiro atoms. The summed E-state index contributed by atoms with van der Waals surface area (Å²) in [4.78, 5) is 14.5. The molecule has 1 aliphatic rings. The van der Waals surface area contributed by atoms with E-state index in [0.717, 1.165) is 17.3 Å². The second-order valence-corrected chi connectivity index (χ2v) is 6.81. The van der Waals surface area contributed by atoms with Gasteiger partial charge in [-0.3, -0.25) is 10.1 Å². The molecule has 6 heteroatoms. The SMILES string of the molecule is COc1ccc(Br)cc1C(=O)NC(=S)N(C)C1CCCCC1. The van der Waals surface area contributed by atoms with Gasteiger partial charge in [0.2, 0.25) is 0 Å². The van der Waals surface area contributed by atoms with Crippen LogP contribution in [0.3, 0.4) is 0 Å². The fourth-order valence-corrected chi connectivity index (χ4v) is 3.35. The van der Waals surface area contributed by atoms with Gasteiger partial charge in [0.15, 0.2) is 5.11 Å². The van der Waals surface area contributed by atoms with E-state index in [1.54, 1.807) is 19.2 Å². The van der Waals surface area contributed by atoms with E-state index < -0.39 is 0 Å². The molecule has 0 heterocycles. The van der Waals surface area contributed by atoms with Gasteiger partial charge in [0.05, 0.1) is 12.7 Å². The molecule has 1 saturated carbocycles. The highest BCUT2D eigenvalue weighted by atomic mass is 79.9. The van der Waals surface area contributed by atoms with Crippen LogP contribution in [0.2, 0.25) is 0 Å². The van der Waals surface area contributed by atoms with Gasteiger partial charge in [-0.1, -0.05) is 35.2 Å². The van der Waals surface area contributed by atoms with Crippen molar-refractivity contribution in [3.8, 4) is 5.75 Å². The second kappa shape index (κ2) is 7.92. The molecule has 4 nitrogen and oxygen atoms in total. The normalized spacial score (nSPS) is 15.2. The zero-order chi connectivity index (χ0) is 16.1. The van der Waals surface area contributed by atoms with E-state index in [9.17, 15) is 4.79 Å². The second-order valence-electron chi connectivity index (χ2n) is 5.51. The lowest BCUT2D eigenvalue weighted by atomic mass is 9.95. The maximum absolute atomic E-state index is 12.4. The number of rotatable bonds is 3. The Balaban J connectivity index is 2.04. The summed E-state index contributed by atoms with van der Waals surface area (Å²) in [6.07, 6.45) is 6.01. The Kier molecular flexibility index (Phi) is 6.20. The number of benzene rings is 1. The third-order valence-electron chi connectivity index (χ3n) is 4.07. The lowest BCUT2D eigenvalue weighted by molar-refractivity contribution is 0.0969. The van der Waals surface area contributed by atoms with Crippen LogP contribution in [0.25, 0.3) is 0 Å². The molecule has 2 rings (SSSR count). The standard InChI is InChI=1S/C16H21BrN2O2S/c1-19(12-6-4-3-5-7-12)16(22)18-15(20)13-10-11(17)8-9-14(13)21-2/h8-10,12H,3-7H2,1-2H3,(H,18,20,22). The van der Waals surface area contributed by atoms with Crippen molar-refractivity contribution in [1.82, 2.24) is 10.2 Å². The highest BCUT2D eigenvalue weighted by molar-refractivity contribution is 9.10. The minimum atomic E-state index is -0.245. The Hall–Kier alpha value is -1.14. The Morgan fingerprint density at radius 2 is 2.05 bits per heavy atom. The predicted octanol–water partition coefficient (Wildman–Crippen LogP) is 3.74. The third kappa shape index (κ3) is 4.20. The predicted molar refractivity (Wildman–Crippen MR) is 95.4 cm³/mol. The van der Waals surface area contributed by atoms with Crippen molar-refractivity contribution in [3.63, 3.8) is 0 Å². The molecule has 1 amide bonds. The average molecular weight is 385 g/mol. The lowest BCUT2D eigenvalue weighted by Crippen LogP contribution is -2.46. The molecular weight excluding hydrogens is 364 g/mol. The van der Waals surface area contributed by atoms with Gasteiger partial charge in [0, 0.05) is 17.6 Å². The van der Waals surface area contributed by atoms with Gasteiger partial charge < -0.3 is 9.64 Å². The van der Waals surface area contributed by atoms with Crippen molar-refractivity contribution in [3.05, 3.63) is 28.2 Å². The summed E-state index contributed by atoms with van der Waals surface area (Å²) in [7, 11) is 3.50. The summed E-state index contributed by atoms with van der Waals surface area (Å²) in [5.74, 6) is 0.287. The maximum Gasteiger partial charge on any atom is 0.261 e. The van der Waals surface area contributed by atoms with Crippen molar-refractivity contribution in [2.45, 2.75) is 38.1 Å². The third-order valence-corrected chi connectivity index (χ3v) is 4.95. The van der Waals surface area contributed by atoms with Crippen LogP contribution in [0.4, 0.5) is 0 Å². The minimum absolute atomic E-state index is 0.245. The van der Waals surface area contributed by atoms with E-state index in [4.69, 9.17) is 17.0 Å². The maximum atomic E-state index is 12.4. The number of nitrogens with zero attached hydrogens (tertiary/aromatic N) is 1. The van der Waals surface area contributed by atoms with Gasteiger partial charge in [-0.25, -0.2) is 0 Å². The highest BCUT2D eigenvalue weighted by Crippen LogP contribution is 2.24. The summed E-state index contributed by atoms with van der Waals surface area (Å²) in [6, 6.07) is 5.75. The molecule has 1 N–H and O–H groups in total. The number of hydrogen-bond donors (Lipinski definition) is 1. The largest absolute Gasteiger partial charge is 0.496 e. The zero-order valence-electron chi connectivity index (χ0n) is 12.9. The fourth-order valence-electron chi connectivity index (χ4n) is 2.74. The number of methoxy groups -OCH3 is 1. The zero-order valence-corrected chi connectivity index (χ0v) is 15.3. The van der Waals surface area contributed by atoms with Gasteiger partial charge in [-0.2, -0.15) is 0 Å². The van der Waals surface area contributed by atoms with Crippen molar-refractivity contribution < 1.29 is 9.53 Å². The Morgan fingerprint density at radius 1 is 1.36 bits per heavy atom. The van der Waals surface area contributed by atoms with E-state index in [1.807, 2.05) is 18.0 Å². The molecule has 0 saturated heterocycles. The van der Waals surface area contributed by atoms with Crippen molar-refractivity contribution in [2.24, 2.45) is 0 Å². The number of carbonyl (C=O) groups is 1. The molecule has 0 unspecified atom stereocenters. The van der Waals surface area contributed by atoms with Gasteiger partial charge in [0.25, 0.3) is 5.91 Å². The van der Waals surface area contributed by atoms with Crippen LogP contribution in [-0.4, -0.2) is 36.1 Å². The molecule has 0 aliphatic heterocycles. The van der Waals surface area contributed by atoms with Crippen LogP contribution in [0.1, 0.15) is 42.5 Å². The van der Waals surface area contributed by atoms with E-state index in [1.165, 1.54) is 19.3 Å². The first-order chi connectivity index (χ1) is 10.5. The monoisotopic (exact) mass is 384 g/mol. The van der Waals surface area contributed by atoms with Crippen LogP contribution < -0.4 is 10.1 Å². The minimum Gasteiger partial charge on any atom is -0.496 e. The van der Waals surface area contributed by atoms with Gasteiger partial charge in [-0.05, 0) is 43.3 Å². The Labute approximate surface area is 145 Å². The first kappa shape index (κ1) is 17.2. The molecule has 0 bridgehead atoms. The van der Waals surface area contributed by atoms with Crippen LogP contribution >= 0.6 is 28.1 Å². The summed E-state index contributed by atoms with van der Waals surface area (Å²) >= 11 is 8.76. The number of nitrogens with one attached hydrogen (secondary N) is 1. The van der Waals surface area contributed by atoms with Gasteiger partial charge in [0.1, 0.15) is 5.75 Å². The van der Waals surface area contributed by atoms with Gasteiger partial charge >= 0.3 is 0 Å². The molecular formula is C16H21BrN2O2S. The van der Waals surface area contributed by atoms with E-state index in [2.05, 4.69) is 21.2 Å². The number of thiocarbonyl (C=S) groups is 1. The molecule has 1 aliphatic carbocycles. The first-order valence-electron chi connectivity index (χ1n) is 7.44. The summed E-state index contributed by atoms with van der Waals surface area (Å²) in [5.41, 5.74) is 0.469. The quantitative estimate of drug-likeness (QED) is 0.805. The van der Waals surface area contributed by atoms with Crippen molar-refractivity contribution >= 4 is 39.2 Å². The van der Waals surface area contributed by atoms with Crippen LogP contribution in [-0.2, 0) is 0 Å². The Bertz CT molecular complexity index is 559. The van der Waals surface area contributed by atoms with Crippen LogP contribution in [0.15, 0.2) is 22.7 Å². The number of hydrogen-bond acceptors (Lipinski definition) is 3. The number of amides is 1. The average Bonchev–Trinajstić information content (AvgIpc) is 2.54. The molecule has 1 aromatic rings. The number of halogens is 1. The van der Waals surface area contributed by atoms with Crippen LogP contribution in [0, 0.1) is 0 Å². The number of carbonyl (C=O) groups excluding carboxylic acids is 1. The van der Waals surface area contributed by atoms with E-state index in [-0.39, 0.29) is 5.91 Å². The molecule has 0 aromatic heterocycles. The summed E-state index contributed by atoms with van der Waals surface area (Å²) in [6.45, 7) is 0. The first-order valence-corrected chi connectivity index (χ1v) is 8.64. The molecule has 120 valence electrons. The molecule has 0 atom stereocenters. The van der Waals surface area contributed by atoms with Crippen LogP contribution in [0.5, 0.6) is 5.75 Å². The topological polar surface area (TPSA) is 41.6 Å². The summed E-state index contributed by atoms with van der Waals surface area (Å²) < 4.78 is 6.07. The number of ether oxygens (including phenoxy) is 1.